The van der Waals surface area contributed by atoms with Crippen LogP contribution in [0.4, 0.5) is 0 Å². The molecule has 0 fully saturated rings. The van der Waals surface area contributed by atoms with E-state index in [1.807, 2.05) is 12.3 Å². The molecule has 0 radical (unpaired) electrons. The molecule has 0 aliphatic rings. The van der Waals surface area contributed by atoms with E-state index in [0.717, 1.165) is 6.29 Å². The maximum absolute atomic E-state index is 9.17. The number of carbonyl (C=O) groups excluding carboxylic acids is 1. The monoisotopic (exact) mass is 158 g/mol. The first-order valence-corrected chi connectivity index (χ1v) is 3.85. The van der Waals surface area contributed by atoms with E-state index in [2.05, 4.69) is 0 Å². The summed E-state index contributed by atoms with van der Waals surface area (Å²) < 4.78 is 0. The molecular weight excluding hydrogens is 148 g/mol. The molecule has 0 saturated heterocycles. The van der Waals surface area contributed by atoms with Gasteiger partial charge in [-0.3, -0.25) is 0 Å². The van der Waals surface area contributed by atoms with Gasteiger partial charge in [0.1, 0.15) is 6.29 Å². The molecule has 0 spiro atoms. The average Bonchev–Trinajstić information content (AvgIpc) is 2.40. The molecule has 10 heavy (non-hydrogen) atoms. The van der Waals surface area contributed by atoms with E-state index in [4.69, 9.17) is 5.11 Å². The van der Waals surface area contributed by atoms with E-state index in [9.17, 15) is 4.79 Å². The third kappa shape index (κ3) is 5.31. The highest BCUT2D eigenvalue weighted by molar-refractivity contribution is 7.11. The Bertz CT molecular complexity index is 158. The topological polar surface area (TPSA) is 37.3 Å². The summed E-state index contributed by atoms with van der Waals surface area (Å²) in [6.07, 6.45) is 1.51. The van der Waals surface area contributed by atoms with Gasteiger partial charge in [0, 0.05) is 6.42 Å². The lowest BCUT2D eigenvalue weighted by atomic mass is 10.6. The Hall–Kier alpha value is -0.830. The molecule has 0 bridgehead atoms. The zero-order valence-electron chi connectivity index (χ0n) is 5.78. The summed E-state index contributed by atoms with van der Waals surface area (Å²) in [6.45, 7) is 1.81. The highest BCUT2D eigenvalue weighted by Crippen LogP contribution is 2.14. The molecule has 0 saturated carbocycles. The first-order valence-electron chi connectivity index (χ1n) is 2.97. The van der Waals surface area contributed by atoms with Crippen molar-refractivity contribution in [1.82, 2.24) is 0 Å². The zero-order valence-corrected chi connectivity index (χ0v) is 6.60. The van der Waals surface area contributed by atoms with Crippen LogP contribution >= 0.6 is 11.3 Å². The number of thiophene rings is 1. The second-order valence-electron chi connectivity index (χ2n) is 1.53. The molecule has 0 aliphatic carbocycles. The van der Waals surface area contributed by atoms with Crippen LogP contribution in [0.1, 0.15) is 13.3 Å². The fourth-order valence-corrected chi connectivity index (χ4v) is 0.724. The molecule has 0 atom stereocenters. The van der Waals surface area contributed by atoms with Crippen molar-refractivity contribution in [3.8, 4) is 5.06 Å². The zero-order chi connectivity index (χ0) is 7.82. The smallest absolute Gasteiger partial charge is 0.171 e. The van der Waals surface area contributed by atoms with Gasteiger partial charge in [0.05, 0.1) is 0 Å². The molecule has 1 N–H and O–H groups in total. The minimum Gasteiger partial charge on any atom is -0.499 e. The van der Waals surface area contributed by atoms with Crippen molar-refractivity contribution in [3.05, 3.63) is 17.5 Å². The molecule has 56 valence electrons. The van der Waals surface area contributed by atoms with Gasteiger partial charge in [-0.05, 0) is 17.5 Å². The van der Waals surface area contributed by atoms with Crippen LogP contribution in [0.5, 0.6) is 5.06 Å². The minimum atomic E-state index is 0.384. The van der Waals surface area contributed by atoms with Crippen LogP contribution in [0.25, 0.3) is 0 Å². The van der Waals surface area contributed by atoms with Crippen molar-refractivity contribution in [1.29, 1.82) is 0 Å². The first kappa shape index (κ1) is 9.17. The summed E-state index contributed by atoms with van der Waals surface area (Å²) in [6, 6.07) is 3.46. The summed E-state index contributed by atoms with van der Waals surface area (Å²) in [5, 5.41) is 10.7. The Labute approximate surface area is 64.1 Å². The average molecular weight is 158 g/mol. The third-order valence-corrected chi connectivity index (χ3v) is 1.34. The van der Waals surface area contributed by atoms with Crippen molar-refractivity contribution < 1.29 is 9.90 Å². The van der Waals surface area contributed by atoms with Gasteiger partial charge in [0.15, 0.2) is 5.06 Å². The van der Waals surface area contributed by atoms with Crippen LogP contribution < -0.4 is 0 Å². The van der Waals surface area contributed by atoms with Gasteiger partial charge < -0.3 is 9.90 Å². The highest BCUT2D eigenvalue weighted by Gasteiger charge is 1.77. The third-order valence-electron chi connectivity index (χ3n) is 0.673. The van der Waals surface area contributed by atoms with E-state index >= 15 is 0 Å². The molecule has 1 rings (SSSR count). The maximum Gasteiger partial charge on any atom is 0.171 e. The second-order valence-corrected chi connectivity index (χ2v) is 2.45. The quantitative estimate of drug-likeness (QED) is 0.635. The van der Waals surface area contributed by atoms with Gasteiger partial charge in [-0.15, -0.1) is 11.3 Å². The van der Waals surface area contributed by atoms with Gasteiger partial charge in [-0.1, -0.05) is 6.92 Å². The highest BCUT2D eigenvalue weighted by atomic mass is 32.1. The lowest BCUT2D eigenvalue weighted by Crippen LogP contribution is -1.55. The van der Waals surface area contributed by atoms with Crippen LogP contribution in [0, 0.1) is 0 Å². The molecule has 0 amide bonds. The molecular formula is C7H10O2S. The second kappa shape index (κ2) is 6.29. The predicted molar refractivity (Wildman–Crippen MR) is 42.3 cm³/mol. The van der Waals surface area contributed by atoms with E-state index in [1.54, 1.807) is 12.1 Å². The molecule has 0 aromatic carbocycles. The van der Waals surface area contributed by atoms with Crippen LogP contribution in [-0.2, 0) is 4.79 Å². The lowest BCUT2D eigenvalue weighted by molar-refractivity contribution is -0.107. The number of rotatable bonds is 1. The van der Waals surface area contributed by atoms with Gasteiger partial charge in [-0.2, -0.15) is 0 Å². The predicted octanol–water partition coefficient (Wildman–Crippen LogP) is 2.05. The Kier molecular flexibility index (Phi) is 5.77. The van der Waals surface area contributed by atoms with E-state index in [1.165, 1.54) is 11.3 Å². The minimum absolute atomic E-state index is 0.384. The number of hydrogen-bond acceptors (Lipinski definition) is 3. The van der Waals surface area contributed by atoms with Gasteiger partial charge in [0.25, 0.3) is 0 Å². The Balaban J connectivity index is 0.000000180. The number of carbonyl (C=O) groups is 1. The van der Waals surface area contributed by atoms with E-state index < -0.39 is 0 Å². The molecule has 1 heterocycles. The largest absolute Gasteiger partial charge is 0.499 e. The Morgan fingerprint density at radius 2 is 2.40 bits per heavy atom. The number of hydrogen-bond donors (Lipinski definition) is 1. The van der Waals surface area contributed by atoms with Crippen molar-refractivity contribution in [2.75, 3.05) is 0 Å². The fraction of sp³-hybridized carbons (Fsp3) is 0.286. The molecule has 1 aromatic rings. The standard InChI is InChI=1S/C4H4OS.C3H6O/c5-4-2-1-3-6-4;1-2-3-4/h1-3,5H;3H,2H2,1H3. The molecule has 2 nitrogen and oxygen atoms in total. The van der Waals surface area contributed by atoms with Crippen LogP contribution in [0.15, 0.2) is 17.5 Å². The fourth-order valence-electron chi connectivity index (χ4n) is 0.270. The van der Waals surface area contributed by atoms with Crippen LogP contribution in [0.3, 0.4) is 0 Å². The Morgan fingerprint density at radius 1 is 1.80 bits per heavy atom. The summed E-state index contributed by atoms with van der Waals surface area (Å²) in [7, 11) is 0. The van der Waals surface area contributed by atoms with Crippen molar-refractivity contribution in [3.63, 3.8) is 0 Å². The lowest BCUT2D eigenvalue weighted by Gasteiger charge is -1.67. The van der Waals surface area contributed by atoms with Crippen LogP contribution in [0.2, 0.25) is 0 Å². The molecule has 3 heteroatoms. The van der Waals surface area contributed by atoms with E-state index in [0.29, 0.717) is 11.5 Å². The van der Waals surface area contributed by atoms with Crippen molar-refractivity contribution >= 4 is 17.6 Å². The van der Waals surface area contributed by atoms with E-state index in [-0.39, 0.29) is 0 Å². The summed E-state index contributed by atoms with van der Waals surface area (Å²) in [5.41, 5.74) is 0. The van der Waals surface area contributed by atoms with Crippen molar-refractivity contribution in [2.45, 2.75) is 13.3 Å². The maximum atomic E-state index is 9.17. The number of aromatic hydroxyl groups is 1. The SMILES string of the molecule is CCC=O.Oc1cccs1. The molecule has 1 aromatic heterocycles. The van der Waals surface area contributed by atoms with Gasteiger partial charge in [-0.25, -0.2) is 0 Å². The van der Waals surface area contributed by atoms with Crippen molar-refractivity contribution in [2.24, 2.45) is 0 Å². The number of aldehydes is 1. The molecule has 0 unspecified atom stereocenters. The summed E-state index contributed by atoms with van der Waals surface area (Å²) >= 11 is 1.33. The van der Waals surface area contributed by atoms with Gasteiger partial charge in [0.2, 0.25) is 0 Å². The normalized spacial score (nSPS) is 7.70. The summed E-state index contributed by atoms with van der Waals surface area (Å²) in [5.74, 6) is 0. The van der Waals surface area contributed by atoms with Gasteiger partial charge >= 0.3 is 0 Å². The Morgan fingerprint density at radius 3 is 2.50 bits per heavy atom. The van der Waals surface area contributed by atoms with Crippen LogP contribution in [-0.4, -0.2) is 11.4 Å². The first-order chi connectivity index (χ1) is 4.81. The summed E-state index contributed by atoms with van der Waals surface area (Å²) in [4.78, 5) is 9.17. The molecule has 0 aliphatic heterocycles.